The van der Waals surface area contributed by atoms with Gasteiger partial charge in [-0.25, -0.2) is 10.5 Å². The summed E-state index contributed by atoms with van der Waals surface area (Å²) < 4.78 is 0. The van der Waals surface area contributed by atoms with Crippen LogP contribution in [0.1, 0.15) is 11.1 Å². The Bertz CT molecular complexity index is 1010. The summed E-state index contributed by atoms with van der Waals surface area (Å²) in [5.74, 6) is 0.430. The van der Waals surface area contributed by atoms with Gasteiger partial charge in [-0.05, 0) is 42.8 Å². The summed E-state index contributed by atoms with van der Waals surface area (Å²) >= 11 is 7.10. The van der Waals surface area contributed by atoms with Gasteiger partial charge in [-0.15, -0.1) is 5.10 Å². The largest absolute Gasteiger partial charge is 0.507 e. The van der Waals surface area contributed by atoms with E-state index in [1.165, 1.54) is 18.0 Å². The summed E-state index contributed by atoms with van der Waals surface area (Å²) in [6.45, 7) is 1.87. The van der Waals surface area contributed by atoms with Crippen LogP contribution >= 0.6 is 23.4 Å². The van der Waals surface area contributed by atoms with E-state index < -0.39 is 0 Å². The number of phenolic OH excluding ortho intramolecular Hbond substituents is 1. The molecule has 1 heterocycles. The molecule has 0 spiro atoms. The van der Waals surface area contributed by atoms with E-state index in [0.717, 1.165) is 5.56 Å². The zero-order chi connectivity index (χ0) is 19.9. The molecule has 3 aromatic rings. The maximum atomic E-state index is 12.1. The van der Waals surface area contributed by atoms with Crippen LogP contribution in [0.4, 0.5) is 11.6 Å². The molecule has 0 bridgehead atoms. The first-order valence-electron chi connectivity index (χ1n) is 8.19. The predicted molar refractivity (Wildman–Crippen MR) is 111 cm³/mol. The van der Waals surface area contributed by atoms with E-state index in [9.17, 15) is 9.90 Å². The molecule has 0 aliphatic carbocycles. The highest BCUT2D eigenvalue weighted by Crippen LogP contribution is 2.20. The topological polar surface area (TPSA) is 115 Å². The number of H-pyrrole nitrogens is 1. The zero-order valence-corrected chi connectivity index (χ0v) is 16.4. The summed E-state index contributed by atoms with van der Waals surface area (Å²) in [6, 6.07) is 12.1. The van der Waals surface area contributed by atoms with Crippen molar-refractivity contribution in [2.75, 3.05) is 16.5 Å². The molecule has 0 aliphatic heterocycles. The van der Waals surface area contributed by atoms with Crippen LogP contribution in [0.5, 0.6) is 5.75 Å². The second kappa shape index (κ2) is 9.25. The second-order valence-corrected chi connectivity index (χ2v) is 7.07. The number of hydrazone groups is 1. The minimum absolute atomic E-state index is 0.129. The van der Waals surface area contributed by atoms with E-state index in [2.05, 4.69) is 31.0 Å². The molecule has 28 heavy (non-hydrogen) atoms. The minimum Gasteiger partial charge on any atom is -0.507 e. The smallest absolute Gasteiger partial charge is 0.240 e. The van der Waals surface area contributed by atoms with Crippen molar-refractivity contribution in [2.45, 2.75) is 12.1 Å². The molecule has 0 saturated heterocycles. The van der Waals surface area contributed by atoms with Gasteiger partial charge in [-0.2, -0.15) is 10.1 Å². The van der Waals surface area contributed by atoms with Crippen molar-refractivity contribution < 1.29 is 9.90 Å². The first-order valence-corrected chi connectivity index (χ1v) is 9.56. The van der Waals surface area contributed by atoms with Crippen molar-refractivity contribution in [2.24, 2.45) is 5.10 Å². The van der Waals surface area contributed by atoms with Crippen molar-refractivity contribution in [3.8, 4) is 5.75 Å². The number of benzene rings is 2. The van der Waals surface area contributed by atoms with Crippen LogP contribution in [0.2, 0.25) is 5.02 Å². The molecule has 4 N–H and O–H groups in total. The quantitative estimate of drug-likeness (QED) is 0.265. The Labute approximate surface area is 170 Å². The number of aromatic hydroxyl groups is 1. The van der Waals surface area contributed by atoms with Gasteiger partial charge in [0.1, 0.15) is 5.75 Å². The lowest BCUT2D eigenvalue weighted by atomic mass is 10.2. The van der Waals surface area contributed by atoms with Crippen LogP contribution in [0, 0.1) is 6.92 Å². The fraction of sp³-hybridized carbons (Fsp3) is 0.111. The molecule has 0 saturated carbocycles. The number of aryl methyl sites for hydroxylation is 1. The Hall–Kier alpha value is -3.04. The standard InChI is InChI=1S/C18H17ClN6O2S/c1-11-8-13(19)6-7-14(11)21-16(27)10-28-18-22-17(24-25-18)23-20-9-12-4-2-3-5-15(12)26/h2-9,26H,10H2,1H3,(H,21,27)(H2,22,23,24,25)/b20-9+. The van der Waals surface area contributed by atoms with Crippen LogP contribution < -0.4 is 10.7 Å². The molecular weight excluding hydrogens is 400 g/mol. The molecule has 0 radical (unpaired) electrons. The monoisotopic (exact) mass is 416 g/mol. The van der Waals surface area contributed by atoms with Gasteiger partial charge in [0.05, 0.1) is 12.0 Å². The van der Waals surface area contributed by atoms with Gasteiger partial charge in [0.25, 0.3) is 0 Å². The van der Waals surface area contributed by atoms with Gasteiger partial charge in [0.2, 0.25) is 17.0 Å². The Morgan fingerprint density at radius 1 is 1.36 bits per heavy atom. The number of aromatic amines is 1. The molecule has 8 nitrogen and oxygen atoms in total. The van der Waals surface area contributed by atoms with Crippen molar-refractivity contribution in [1.82, 2.24) is 15.2 Å². The molecule has 144 valence electrons. The van der Waals surface area contributed by atoms with Gasteiger partial charge < -0.3 is 10.4 Å². The average molecular weight is 417 g/mol. The zero-order valence-electron chi connectivity index (χ0n) is 14.8. The van der Waals surface area contributed by atoms with Crippen LogP contribution in [0.3, 0.4) is 0 Å². The Morgan fingerprint density at radius 3 is 2.96 bits per heavy atom. The maximum absolute atomic E-state index is 12.1. The molecular formula is C18H17ClN6O2S. The molecule has 0 unspecified atom stereocenters. The highest BCUT2D eigenvalue weighted by atomic mass is 35.5. The summed E-state index contributed by atoms with van der Waals surface area (Å²) in [5.41, 5.74) is 4.85. The molecule has 0 atom stereocenters. The minimum atomic E-state index is -0.174. The van der Waals surface area contributed by atoms with Crippen LogP contribution in [0.15, 0.2) is 52.7 Å². The number of anilines is 2. The first-order chi connectivity index (χ1) is 13.5. The Morgan fingerprint density at radius 2 is 2.18 bits per heavy atom. The number of amides is 1. The number of nitrogens with zero attached hydrogens (tertiary/aromatic N) is 3. The van der Waals surface area contributed by atoms with Crippen molar-refractivity contribution >= 4 is 47.1 Å². The van der Waals surface area contributed by atoms with Gasteiger partial charge >= 0.3 is 0 Å². The molecule has 1 aromatic heterocycles. The van der Waals surface area contributed by atoms with Crippen molar-refractivity contribution in [3.63, 3.8) is 0 Å². The highest BCUT2D eigenvalue weighted by molar-refractivity contribution is 7.99. The van der Waals surface area contributed by atoms with Crippen LogP contribution in [0.25, 0.3) is 0 Å². The van der Waals surface area contributed by atoms with Gasteiger partial charge in [0.15, 0.2) is 0 Å². The summed E-state index contributed by atoms with van der Waals surface area (Å²) in [5, 5.41) is 24.2. The molecule has 10 heteroatoms. The third kappa shape index (κ3) is 5.48. The third-order valence-electron chi connectivity index (χ3n) is 3.57. The van der Waals surface area contributed by atoms with E-state index in [1.54, 1.807) is 42.5 Å². The first kappa shape index (κ1) is 19.7. The number of phenols is 1. The SMILES string of the molecule is Cc1cc(Cl)ccc1NC(=O)CSc1n[nH]c(N/N=C/c2ccccc2O)n1. The fourth-order valence-electron chi connectivity index (χ4n) is 2.20. The number of halogens is 1. The number of carbonyl (C=O) groups is 1. The third-order valence-corrected chi connectivity index (χ3v) is 4.65. The summed E-state index contributed by atoms with van der Waals surface area (Å²) in [4.78, 5) is 16.3. The lowest BCUT2D eigenvalue weighted by Crippen LogP contribution is -2.14. The van der Waals surface area contributed by atoms with Crippen molar-refractivity contribution in [3.05, 3.63) is 58.6 Å². The molecule has 0 fully saturated rings. The Kier molecular flexibility index (Phi) is 6.51. The van der Waals surface area contributed by atoms with E-state index in [1.807, 2.05) is 6.92 Å². The number of hydrogen-bond acceptors (Lipinski definition) is 7. The highest BCUT2D eigenvalue weighted by Gasteiger charge is 2.09. The summed E-state index contributed by atoms with van der Waals surface area (Å²) in [7, 11) is 0. The number of thioether (sulfide) groups is 1. The maximum Gasteiger partial charge on any atom is 0.240 e. The van der Waals surface area contributed by atoms with E-state index >= 15 is 0 Å². The molecule has 2 aromatic carbocycles. The number of para-hydroxylation sites is 1. The van der Waals surface area contributed by atoms with Gasteiger partial charge in [-0.3, -0.25) is 4.79 Å². The van der Waals surface area contributed by atoms with E-state index in [0.29, 0.717) is 27.4 Å². The normalized spacial score (nSPS) is 10.9. The lowest BCUT2D eigenvalue weighted by molar-refractivity contribution is -0.113. The van der Waals surface area contributed by atoms with E-state index in [-0.39, 0.29) is 17.4 Å². The molecule has 3 rings (SSSR count). The lowest BCUT2D eigenvalue weighted by Gasteiger charge is -2.07. The van der Waals surface area contributed by atoms with Crippen molar-refractivity contribution in [1.29, 1.82) is 0 Å². The number of nitrogens with one attached hydrogen (secondary N) is 3. The molecule has 0 aliphatic rings. The average Bonchev–Trinajstić information content (AvgIpc) is 3.12. The fourth-order valence-corrected chi connectivity index (χ4v) is 3.03. The van der Waals surface area contributed by atoms with Crippen LogP contribution in [-0.2, 0) is 4.79 Å². The van der Waals surface area contributed by atoms with Gasteiger partial charge in [0, 0.05) is 16.3 Å². The predicted octanol–water partition coefficient (Wildman–Crippen LogP) is 3.65. The molecule has 1 amide bonds. The second-order valence-electron chi connectivity index (χ2n) is 5.69. The Balaban J connectivity index is 1.49. The summed E-state index contributed by atoms with van der Waals surface area (Å²) in [6.07, 6.45) is 1.46. The number of carbonyl (C=O) groups excluding carboxylic acids is 1. The number of hydrogen-bond donors (Lipinski definition) is 4. The number of rotatable bonds is 7. The number of aromatic nitrogens is 3. The van der Waals surface area contributed by atoms with E-state index in [4.69, 9.17) is 11.6 Å². The van der Waals surface area contributed by atoms with Gasteiger partial charge in [-0.1, -0.05) is 35.5 Å². The van der Waals surface area contributed by atoms with Crippen LogP contribution in [-0.4, -0.2) is 38.2 Å².